The topological polar surface area (TPSA) is 21.3 Å². The molecule has 2 unspecified atom stereocenters. The second-order valence-electron chi connectivity index (χ2n) is 6.41. The predicted octanol–water partition coefficient (Wildman–Crippen LogP) is 3.74. The molecular weight excluding hydrogens is 253 g/mol. The normalized spacial score (nSPS) is 26.2. The van der Waals surface area contributed by atoms with Gasteiger partial charge in [-0.05, 0) is 69.2 Å². The molecule has 2 fully saturated rings. The lowest BCUT2D eigenvalue weighted by molar-refractivity contribution is -0.147. The lowest BCUT2D eigenvalue weighted by Crippen LogP contribution is -2.47. The third kappa shape index (κ3) is 2.49. The van der Waals surface area contributed by atoms with Crippen LogP contribution in [0.15, 0.2) is 18.2 Å². The van der Waals surface area contributed by atoms with E-state index in [1.54, 1.807) is 6.07 Å². The largest absolute Gasteiger partial charge is 0.375 e. The Hall–Kier alpha value is -0.930. The second kappa shape index (κ2) is 5.45. The molecule has 0 aromatic heterocycles. The zero-order valence-corrected chi connectivity index (χ0v) is 12.4. The van der Waals surface area contributed by atoms with Crippen molar-refractivity contribution in [3.63, 3.8) is 0 Å². The van der Waals surface area contributed by atoms with Crippen molar-refractivity contribution in [3.8, 4) is 0 Å². The zero-order chi connectivity index (χ0) is 14.2. The van der Waals surface area contributed by atoms with E-state index in [2.05, 4.69) is 5.32 Å². The second-order valence-corrected chi connectivity index (χ2v) is 6.41. The monoisotopic (exact) mass is 277 g/mol. The number of halogens is 1. The van der Waals surface area contributed by atoms with Crippen LogP contribution in [0.25, 0.3) is 0 Å². The molecule has 1 aliphatic heterocycles. The van der Waals surface area contributed by atoms with Crippen LogP contribution in [0, 0.1) is 18.7 Å². The Labute approximate surface area is 120 Å². The third-order valence-corrected chi connectivity index (χ3v) is 5.12. The number of rotatable bonds is 3. The van der Waals surface area contributed by atoms with E-state index in [1.807, 2.05) is 26.1 Å². The number of aryl methyl sites for hydroxylation is 1. The summed E-state index contributed by atoms with van der Waals surface area (Å²) in [4.78, 5) is 0. The third-order valence-electron chi connectivity index (χ3n) is 5.12. The Morgan fingerprint density at radius 2 is 2.20 bits per heavy atom. The molecule has 0 bridgehead atoms. The molecule has 2 nitrogen and oxygen atoms in total. The van der Waals surface area contributed by atoms with Crippen LogP contribution in [-0.2, 0) is 4.74 Å². The molecule has 110 valence electrons. The maximum absolute atomic E-state index is 13.5. The Balaban J connectivity index is 1.79. The highest BCUT2D eigenvalue weighted by atomic mass is 19.1. The van der Waals surface area contributed by atoms with E-state index in [-0.39, 0.29) is 11.4 Å². The summed E-state index contributed by atoms with van der Waals surface area (Å²) < 4.78 is 19.5. The van der Waals surface area contributed by atoms with Crippen molar-refractivity contribution in [1.82, 2.24) is 5.32 Å². The van der Waals surface area contributed by atoms with Gasteiger partial charge in [-0.3, -0.25) is 0 Å². The van der Waals surface area contributed by atoms with Crippen molar-refractivity contribution in [3.05, 3.63) is 35.1 Å². The van der Waals surface area contributed by atoms with Gasteiger partial charge in [-0.15, -0.1) is 0 Å². The van der Waals surface area contributed by atoms with Crippen LogP contribution in [0.1, 0.15) is 49.3 Å². The molecule has 0 radical (unpaired) electrons. The van der Waals surface area contributed by atoms with Crippen molar-refractivity contribution >= 4 is 0 Å². The average Bonchev–Trinajstić information content (AvgIpc) is 2.42. The van der Waals surface area contributed by atoms with E-state index in [1.165, 1.54) is 24.8 Å². The van der Waals surface area contributed by atoms with Crippen LogP contribution < -0.4 is 5.32 Å². The van der Waals surface area contributed by atoms with Gasteiger partial charge in [0.25, 0.3) is 0 Å². The van der Waals surface area contributed by atoms with Gasteiger partial charge < -0.3 is 10.1 Å². The van der Waals surface area contributed by atoms with Gasteiger partial charge in [-0.1, -0.05) is 12.1 Å². The van der Waals surface area contributed by atoms with Crippen LogP contribution in [-0.4, -0.2) is 19.3 Å². The van der Waals surface area contributed by atoms with E-state index in [0.29, 0.717) is 12.0 Å². The summed E-state index contributed by atoms with van der Waals surface area (Å²) in [6.07, 6.45) is 5.94. The lowest BCUT2D eigenvalue weighted by atomic mass is 9.69. The molecule has 1 aromatic carbocycles. The highest BCUT2D eigenvalue weighted by molar-refractivity contribution is 5.27. The summed E-state index contributed by atoms with van der Waals surface area (Å²) >= 11 is 0. The van der Waals surface area contributed by atoms with Gasteiger partial charge in [-0.2, -0.15) is 0 Å². The molecule has 1 saturated carbocycles. The molecule has 20 heavy (non-hydrogen) atoms. The fourth-order valence-corrected chi connectivity index (χ4v) is 3.81. The molecule has 1 N–H and O–H groups in total. The summed E-state index contributed by atoms with van der Waals surface area (Å²) in [6.45, 7) is 2.70. The minimum Gasteiger partial charge on any atom is -0.375 e. The fraction of sp³-hybridized carbons (Fsp3) is 0.647. The summed E-state index contributed by atoms with van der Waals surface area (Å²) in [5.41, 5.74) is 2.09. The SMILES string of the molecule is CNC(c1ccc(F)c(C)c1)C1CCOC2(CCC2)C1. The van der Waals surface area contributed by atoms with Crippen molar-refractivity contribution in [2.45, 2.75) is 50.7 Å². The predicted molar refractivity (Wildman–Crippen MR) is 78.2 cm³/mol. The lowest BCUT2D eigenvalue weighted by Gasteiger charge is -2.48. The van der Waals surface area contributed by atoms with Gasteiger partial charge in [-0.25, -0.2) is 4.39 Å². The molecule has 2 atom stereocenters. The van der Waals surface area contributed by atoms with Gasteiger partial charge >= 0.3 is 0 Å². The number of hydrogen-bond acceptors (Lipinski definition) is 2. The molecular formula is C17H24FNO. The molecule has 1 saturated heterocycles. The summed E-state index contributed by atoms with van der Waals surface area (Å²) in [5, 5.41) is 3.44. The molecule has 3 rings (SSSR count). The Morgan fingerprint density at radius 1 is 1.40 bits per heavy atom. The first-order valence-corrected chi connectivity index (χ1v) is 7.71. The van der Waals surface area contributed by atoms with Gasteiger partial charge in [0.2, 0.25) is 0 Å². The van der Waals surface area contributed by atoms with E-state index in [9.17, 15) is 4.39 Å². The Bertz CT molecular complexity index is 484. The van der Waals surface area contributed by atoms with E-state index in [0.717, 1.165) is 25.0 Å². The summed E-state index contributed by atoms with van der Waals surface area (Å²) in [6, 6.07) is 5.80. The molecule has 1 spiro atoms. The smallest absolute Gasteiger partial charge is 0.126 e. The maximum Gasteiger partial charge on any atom is 0.126 e. The Kier molecular flexibility index (Phi) is 3.83. The number of nitrogens with one attached hydrogen (secondary N) is 1. The Morgan fingerprint density at radius 3 is 2.80 bits per heavy atom. The molecule has 1 aromatic rings. The highest BCUT2D eigenvalue weighted by Crippen LogP contribution is 2.47. The van der Waals surface area contributed by atoms with Gasteiger partial charge in [0, 0.05) is 12.6 Å². The minimum atomic E-state index is -0.119. The number of benzene rings is 1. The zero-order valence-electron chi connectivity index (χ0n) is 12.4. The van der Waals surface area contributed by atoms with Crippen LogP contribution in [0.4, 0.5) is 4.39 Å². The van der Waals surface area contributed by atoms with Crippen molar-refractivity contribution in [2.75, 3.05) is 13.7 Å². The molecule has 2 aliphatic rings. The molecule has 3 heteroatoms. The van der Waals surface area contributed by atoms with E-state index >= 15 is 0 Å². The molecule has 0 amide bonds. The number of hydrogen-bond donors (Lipinski definition) is 1. The van der Waals surface area contributed by atoms with Crippen molar-refractivity contribution < 1.29 is 9.13 Å². The summed E-state index contributed by atoms with van der Waals surface area (Å²) in [7, 11) is 2.01. The molecule has 1 heterocycles. The van der Waals surface area contributed by atoms with E-state index in [4.69, 9.17) is 4.74 Å². The van der Waals surface area contributed by atoms with Crippen LogP contribution in [0.2, 0.25) is 0 Å². The first-order valence-electron chi connectivity index (χ1n) is 7.71. The van der Waals surface area contributed by atoms with Gasteiger partial charge in [0.15, 0.2) is 0 Å². The standard InChI is InChI=1S/C17H24FNO/c1-12-10-13(4-5-15(12)18)16(19-2)14-6-9-20-17(11-14)7-3-8-17/h4-5,10,14,16,19H,3,6-9,11H2,1-2H3. The first kappa shape index (κ1) is 14.0. The maximum atomic E-state index is 13.5. The number of ether oxygens (including phenoxy) is 1. The van der Waals surface area contributed by atoms with Crippen LogP contribution in [0.3, 0.4) is 0 Å². The minimum absolute atomic E-state index is 0.119. The van der Waals surface area contributed by atoms with Crippen molar-refractivity contribution in [2.24, 2.45) is 5.92 Å². The van der Waals surface area contributed by atoms with Crippen LogP contribution >= 0.6 is 0 Å². The summed E-state index contributed by atoms with van der Waals surface area (Å²) in [5.74, 6) is 0.463. The molecule has 1 aliphatic carbocycles. The fourth-order valence-electron chi connectivity index (χ4n) is 3.81. The van der Waals surface area contributed by atoms with E-state index < -0.39 is 0 Å². The highest BCUT2D eigenvalue weighted by Gasteiger charge is 2.44. The van der Waals surface area contributed by atoms with Gasteiger partial charge in [0.1, 0.15) is 5.82 Å². The first-order chi connectivity index (χ1) is 9.63. The van der Waals surface area contributed by atoms with Crippen LogP contribution in [0.5, 0.6) is 0 Å². The average molecular weight is 277 g/mol. The van der Waals surface area contributed by atoms with Gasteiger partial charge in [0.05, 0.1) is 5.60 Å². The van der Waals surface area contributed by atoms with Crippen molar-refractivity contribution in [1.29, 1.82) is 0 Å². The quantitative estimate of drug-likeness (QED) is 0.908.